The van der Waals surface area contributed by atoms with E-state index in [0.717, 1.165) is 23.9 Å². The molecule has 0 unspecified atom stereocenters. The van der Waals surface area contributed by atoms with Gasteiger partial charge in [-0.05, 0) is 24.8 Å². The highest BCUT2D eigenvalue weighted by Gasteiger charge is 2.34. The summed E-state index contributed by atoms with van der Waals surface area (Å²) >= 11 is 0. The lowest BCUT2D eigenvalue weighted by molar-refractivity contribution is 0.0912. The third kappa shape index (κ3) is 1.52. The summed E-state index contributed by atoms with van der Waals surface area (Å²) in [6.45, 7) is 7.45. The van der Waals surface area contributed by atoms with Crippen molar-refractivity contribution >= 4 is 16.7 Å². The zero-order chi connectivity index (χ0) is 12.9. The smallest absolute Gasteiger partial charge is 0.165 e. The minimum absolute atomic E-state index is 0.0887. The summed E-state index contributed by atoms with van der Waals surface area (Å²) < 4.78 is 2.31. The van der Waals surface area contributed by atoms with Gasteiger partial charge in [-0.15, -0.1) is 0 Å². The van der Waals surface area contributed by atoms with E-state index in [-0.39, 0.29) is 5.41 Å². The average Bonchev–Trinajstić information content (AvgIpc) is 2.60. The Morgan fingerprint density at radius 2 is 1.94 bits per heavy atom. The monoisotopic (exact) mass is 241 g/mol. The second-order valence-electron chi connectivity index (χ2n) is 6.02. The number of hydrogen-bond acceptors (Lipinski definition) is 1. The molecule has 0 N–H and O–H groups in total. The molecule has 1 aromatic heterocycles. The number of fused-ring (bicyclic) bond motifs is 3. The zero-order valence-electron chi connectivity index (χ0n) is 11.3. The van der Waals surface area contributed by atoms with E-state index in [9.17, 15) is 4.79 Å². The first-order valence-corrected chi connectivity index (χ1v) is 6.67. The van der Waals surface area contributed by atoms with Gasteiger partial charge in [0.2, 0.25) is 0 Å². The van der Waals surface area contributed by atoms with Crippen molar-refractivity contribution in [1.82, 2.24) is 4.57 Å². The van der Waals surface area contributed by atoms with Crippen molar-refractivity contribution in [2.24, 2.45) is 5.41 Å². The Kier molecular flexibility index (Phi) is 2.37. The van der Waals surface area contributed by atoms with Gasteiger partial charge in [-0.3, -0.25) is 4.79 Å². The molecule has 0 spiro atoms. The van der Waals surface area contributed by atoms with E-state index in [1.807, 2.05) is 6.07 Å². The van der Waals surface area contributed by atoms with Gasteiger partial charge in [0.1, 0.15) is 0 Å². The molecule has 94 valence electrons. The molecule has 2 heteroatoms. The van der Waals surface area contributed by atoms with E-state index in [1.54, 1.807) is 0 Å². The van der Waals surface area contributed by atoms with Crippen molar-refractivity contribution in [3.05, 3.63) is 35.5 Å². The lowest BCUT2D eigenvalue weighted by Crippen LogP contribution is -2.28. The number of hydrogen-bond donors (Lipinski definition) is 0. The van der Waals surface area contributed by atoms with Gasteiger partial charge in [-0.25, -0.2) is 0 Å². The van der Waals surface area contributed by atoms with E-state index in [2.05, 4.69) is 43.5 Å². The second-order valence-corrected chi connectivity index (χ2v) is 6.02. The molecule has 2 nitrogen and oxygen atoms in total. The van der Waals surface area contributed by atoms with Gasteiger partial charge in [0.15, 0.2) is 5.78 Å². The number of carbonyl (C=O) groups excluding carboxylic acids is 1. The fraction of sp³-hybridized carbons (Fsp3) is 0.438. The number of rotatable bonds is 1. The van der Waals surface area contributed by atoms with Crippen molar-refractivity contribution in [3.8, 4) is 0 Å². The summed E-state index contributed by atoms with van der Waals surface area (Å²) in [5, 5.41) is 1.13. The molecule has 0 fully saturated rings. The van der Waals surface area contributed by atoms with Gasteiger partial charge in [0.25, 0.3) is 0 Å². The maximum Gasteiger partial charge on any atom is 0.165 e. The highest BCUT2D eigenvalue weighted by atomic mass is 16.1. The highest BCUT2D eigenvalue weighted by Crippen LogP contribution is 2.39. The maximum absolute atomic E-state index is 12.4. The molecule has 0 bridgehead atoms. The summed E-state index contributed by atoms with van der Waals surface area (Å²) in [6.07, 6.45) is 1.66. The minimum Gasteiger partial charge on any atom is -0.344 e. The van der Waals surface area contributed by atoms with Crippen LogP contribution in [-0.2, 0) is 13.0 Å². The third-order valence-corrected chi connectivity index (χ3v) is 3.96. The number of para-hydroxylation sites is 1. The number of aryl methyl sites for hydroxylation is 1. The standard InChI is InChI=1S/C16H19NO/c1-4-17-12-8-6-5-7-11(12)15-13(17)9-16(2,3)10-14(15)18/h5-8H,4,9-10H2,1-3H3. The Balaban J connectivity index is 2.37. The predicted octanol–water partition coefficient (Wildman–Crippen LogP) is 3.82. The van der Waals surface area contributed by atoms with Gasteiger partial charge < -0.3 is 4.57 Å². The fourth-order valence-electron chi connectivity index (χ4n) is 3.25. The molecule has 18 heavy (non-hydrogen) atoms. The van der Waals surface area contributed by atoms with Crippen LogP contribution < -0.4 is 0 Å². The van der Waals surface area contributed by atoms with Crippen LogP contribution in [-0.4, -0.2) is 10.4 Å². The molecule has 0 radical (unpaired) electrons. The molecule has 1 aliphatic carbocycles. The van der Waals surface area contributed by atoms with Crippen molar-refractivity contribution in [3.63, 3.8) is 0 Å². The Hall–Kier alpha value is -1.57. The first-order chi connectivity index (χ1) is 8.53. The first-order valence-electron chi connectivity index (χ1n) is 6.67. The van der Waals surface area contributed by atoms with Crippen LogP contribution in [0.3, 0.4) is 0 Å². The van der Waals surface area contributed by atoms with Gasteiger partial charge in [-0.2, -0.15) is 0 Å². The summed E-state index contributed by atoms with van der Waals surface area (Å²) in [5.74, 6) is 0.310. The number of nitrogens with zero attached hydrogens (tertiary/aromatic N) is 1. The van der Waals surface area contributed by atoms with Crippen LogP contribution in [0.25, 0.3) is 10.9 Å². The summed E-state index contributed by atoms with van der Waals surface area (Å²) in [6, 6.07) is 8.28. The zero-order valence-corrected chi connectivity index (χ0v) is 11.3. The van der Waals surface area contributed by atoms with Crippen molar-refractivity contribution in [2.45, 2.75) is 40.2 Å². The molecular weight excluding hydrogens is 222 g/mol. The number of benzene rings is 1. The molecule has 0 saturated carbocycles. The molecule has 0 atom stereocenters. The molecule has 0 saturated heterocycles. The Bertz CT molecular complexity index is 634. The lowest BCUT2D eigenvalue weighted by atomic mass is 9.75. The number of ketones is 1. The molecule has 1 heterocycles. The van der Waals surface area contributed by atoms with Crippen LogP contribution >= 0.6 is 0 Å². The highest BCUT2D eigenvalue weighted by molar-refractivity contribution is 6.10. The summed E-state index contributed by atoms with van der Waals surface area (Å²) in [4.78, 5) is 12.4. The van der Waals surface area contributed by atoms with Gasteiger partial charge >= 0.3 is 0 Å². The van der Waals surface area contributed by atoms with Crippen LogP contribution in [0.1, 0.15) is 43.2 Å². The molecule has 1 aromatic carbocycles. The van der Waals surface area contributed by atoms with E-state index < -0.39 is 0 Å². The van der Waals surface area contributed by atoms with Crippen molar-refractivity contribution in [1.29, 1.82) is 0 Å². The van der Waals surface area contributed by atoms with E-state index in [1.165, 1.54) is 11.2 Å². The van der Waals surface area contributed by atoms with Crippen LogP contribution in [0.4, 0.5) is 0 Å². The van der Waals surface area contributed by atoms with Gasteiger partial charge in [-0.1, -0.05) is 32.0 Å². The number of Topliss-reactive ketones (excluding diaryl/α,β-unsaturated/α-hetero) is 1. The minimum atomic E-state index is 0.0887. The topological polar surface area (TPSA) is 22.0 Å². The summed E-state index contributed by atoms with van der Waals surface area (Å²) in [5.41, 5.74) is 3.51. The average molecular weight is 241 g/mol. The SMILES string of the molecule is CCn1c2c(c3ccccc31)C(=O)CC(C)(C)C2. The predicted molar refractivity (Wildman–Crippen MR) is 74.0 cm³/mol. The lowest BCUT2D eigenvalue weighted by Gasteiger charge is -2.29. The van der Waals surface area contributed by atoms with Crippen LogP contribution in [0.5, 0.6) is 0 Å². The quantitative estimate of drug-likeness (QED) is 0.744. The van der Waals surface area contributed by atoms with Gasteiger partial charge in [0.05, 0.1) is 0 Å². The third-order valence-electron chi connectivity index (χ3n) is 3.96. The van der Waals surface area contributed by atoms with Crippen molar-refractivity contribution in [2.75, 3.05) is 0 Å². The maximum atomic E-state index is 12.4. The molecule has 1 aliphatic rings. The fourth-order valence-corrected chi connectivity index (χ4v) is 3.25. The first kappa shape index (κ1) is 11.5. The van der Waals surface area contributed by atoms with Crippen LogP contribution in [0.2, 0.25) is 0 Å². The van der Waals surface area contributed by atoms with Crippen molar-refractivity contribution < 1.29 is 4.79 Å². The molecule has 3 rings (SSSR count). The van der Waals surface area contributed by atoms with Crippen LogP contribution in [0, 0.1) is 5.41 Å². The number of carbonyl (C=O) groups is 1. The normalized spacial score (nSPS) is 18.1. The Labute approximate surface area is 108 Å². The van der Waals surface area contributed by atoms with Crippen LogP contribution in [0.15, 0.2) is 24.3 Å². The molecular formula is C16H19NO. The number of aromatic nitrogens is 1. The largest absolute Gasteiger partial charge is 0.344 e. The van der Waals surface area contributed by atoms with E-state index >= 15 is 0 Å². The summed E-state index contributed by atoms with van der Waals surface area (Å²) in [7, 11) is 0. The molecule has 0 amide bonds. The van der Waals surface area contributed by atoms with Gasteiger partial charge in [0, 0.05) is 35.1 Å². The molecule has 2 aromatic rings. The van der Waals surface area contributed by atoms with E-state index in [0.29, 0.717) is 12.2 Å². The van der Waals surface area contributed by atoms with E-state index in [4.69, 9.17) is 0 Å². The molecule has 0 aliphatic heterocycles. The second kappa shape index (κ2) is 3.71. The Morgan fingerprint density at radius 1 is 1.22 bits per heavy atom. The Morgan fingerprint density at radius 3 is 2.67 bits per heavy atom.